The number of rotatable bonds is 1. The Morgan fingerprint density at radius 2 is 1.72 bits per heavy atom. The van der Waals surface area contributed by atoms with Crippen molar-refractivity contribution in [2.75, 3.05) is 5.01 Å². The van der Waals surface area contributed by atoms with Crippen LogP contribution in [0.3, 0.4) is 0 Å². The number of anilines is 1. The third-order valence-corrected chi connectivity index (χ3v) is 4.70. The molecule has 0 bridgehead atoms. The second-order valence-electron chi connectivity index (χ2n) is 5.81. The summed E-state index contributed by atoms with van der Waals surface area (Å²) in [4.78, 5) is 24.6. The van der Waals surface area contributed by atoms with Gasteiger partial charge >= 0.3 is 0 Å². The van der Waals surface area contributed by atoms with Crippen LogP contribution in [0.25, 0.3) is 0 Å². The van der Waals surface area contributed by atoms with Crippen molar-refractivity contribution in [1.29, 1.82) is 0 Å². The number of carbonyl (C=O) groups is 2. The molecule has 3 rings (SSSR count). The number of carbonyl (C=O) groups excluding carboxylic acids is 2. The molecular formula is C14H16N2O2. The third-order valence-electron chi connectivity index (χ3n) is 4.70. The molecule has 1 heterocycles. The van der Waals surface area contributed by atoms with Crippen molar-refractivity contribution in [1.82, 2.24) is 5.43 Å². The van der Waals surface area contributed by atoms with Gasteiger partial charge in [-0.25, -0.2) is 5.01 Å². The normalized spacial score (nSPS) is 32.8. The number of benzene rings is 1. The van der Waals surface area contributed by atoms with E-state index in [-0.39, 0.29) is 23.1 Å². The summed E-state index contributed by atoms with van der Waals surface area (Å²) in [5.41, 5.74) is 2.56. The lowest BCUT2D eigenvalue weighted by Gasteiger charge is -2.30. The first-order valence-electron chi connectivity index (χ1n) is 6.11. The van der Waals surface area contributed by atoms with Crippen molar-refractivity contribution in [3.8, 4) is 0 Å². The van der Waals surface area contributed by atoms with E-state index in [0.717, 1.165) is 0 Å². The van der Waals surface area contributed by atoms with Crippen LogP contribution in [0.1, 0.15) is 20.8 Å². The molecule has 0 radical (unpaired) electrons. The molecule has 18 heavy (non-hydrogen) atoms. The van der Waals surface area contributed by atoms with Crippen LogP contribution in [0.15, 0.2) is 30.3 Å². The predicted octanol–water partition coefficient (Wildman–Crippen LogP) is 1.73. The number of fused-ring (bicyclic) bond motifs is 1. The Balaban J connectivity index is 2.02. The molecule has 0 aromatic heterocycles. The zero-order valence-corrected chi connectivity index (χ0v) is 10.7. The zero-order valence-electron chi connectivity index (χ0n) is 10.7. The van der Waals surface area contributed by atoms with Crippen molar-refractivity contribution in [3.63, 3.8) is 0 Å². The molecule has 1 aromatic rings. The van der Waals surface area contributed by atoms with Crippen molar-refractivity contribution in [2.24, 2.45) is 16.7 Å². The van der Waals surface area contributed by atoms with E-state index < -0.39 is 5.41 Å². The third kappa shape index (κ3) is 1.10. The minimum absolute atomic E-state index is 0.0247. The summed E-state index contributed by atoms with van der Waals surface area (Å²) in [6.45, 7) is 5.84. The first-order chi connectivity index (χ1) is 8.40. The van der Waals surface area contributed by atoms with E-state index >= 15 is 0 Å². The maximum absolute atomic E-state index is 12.6. The van der Waals surface area contributed by atoms with Crippen LogP contribution in [0, 0.1) is 16.7 Å². The molecule has 2 atom stereocenters. The lowest BCUT2D eigenvalue weighted by atomic mass is 9.96. The quantitative estimate of drug-likeness (QED) is 0.817. The van der Waals surface area contributed by atoms with Gasteiger partial charge in [-0.15, -0.1) is 0 Å². The summed E-state index contributed by atoms with van der Waals surface area (Å²) in [5.74, 6) is -0.299. The fraction of sp³-hybridized carbons (Fsp3) is 0.429. The summed E-state index contributed by atoms with van der Waals surface area (Å²) in [5, 5.41) is 1.38. The van der Waals surface area contributed by atoms with E-state index in [9.17, 15) is 9.59 Å². The van der Waals surface area contributed by atoms with E-state index in [1.807, 2.05) is 51.1 Å². The van der Waals surface area contributed by atoms with Crippen LogP contribution >= 0.6 is 0 Å². The summed E-state index contributed by atoms with van der Waals surface area (Å²) < 4.78 is 0. The van der Waals surface area contributed by atoms with Gasteiger partial charge in [0.15, 0.2) is 0 Å². The van der Waals surface area contributed by atoms with E-state index in [1.165, 1.54) is 5.01 Å². The lowest BCUT2D eigenvalue weighted by molar-refractivity contribution is -0.134. The van der Waals surface area contributed by atoms with Gasteiger partial charge in [0.2, 0.25) is 5.91 Å². The van der Waals surface area contributed by atoms with Crippen LogP contribution in [-0.4, -0.2) is 11.8 Å². The smallest absolute Gasteiger partial charge is 0.253 e. The highest BCUT2D eigenvalue weighted by atomic mass is 16.2. The molecule has 2 aliphatic rings. The van der Waals surface area contributed by atoms with E-state index in [2.05, 4.69) is 5.43 Å². The topological polar surface area (TPSA) is 49.4 Å². The number of hydrogen-bond donors (Lipinski definition) is 1. The van der Waals surface area contributed by atoms with Crippen LogP contribution in [0.2, 0.25) is 0 Å². The van der Waals surface area contributed by atoms with Crippen LogP contribution in [0.4, 0.5) is 5.69 Å². The van der Waals surface area contributed by atoms with E-state index in [4.69, 9.17) is 0 Å². The number of hydrogen-bond acceptors (Lipinski definition) is 2. The van der Waals surface area contributed by atoms with Crippen LogP contribution in [0.5, 0.6) is 0 Å². The Bertz CT molecular complexity index is 538. The largest absolute Gasteiger partial charge is 0.273 e. The fourth-order valence-electron chi connectivity index (χ4n) is 3.19. The molecule has 1 aliphatic heterocycles. The second-order valence-corrected chi connectivity index (χ2v) is 5.81. The Hall–Kier alpha value is -1.84. The number of nitrogens with zero attached hydrogens (tertiary/aromatic N) is 1. The number of amides is 2. The molecule has 4 heteroatoms. The zero-order chi connectivity index (χ0) is 13.1. The Morgan fingerprint density at radius 1 is 1.11 bits per heavy atom. The van der Waals surface area contributed by atoms with Crippen molar-refractivity contribution in [3.05, 3.63) is 30.3 Å². The van der Waals surface area contributed by atoms with E-state index in [1.54, 1.807) is 0 Å². The molecule has 1 saturated carbocycles. The highest BCUT2D eigenvalue weighted by Gasteiger charge is 2.78. The van der Waals surface area contributed by atoms with Crippen molar-refractivity contribution < 1.29 is 9.59 Å². The van der Waals surface area contributed by atoms with Crippen molar-refractivity contribution >= 4 is 17.5 Å². The second kappa shape index (κ2) is 3.13. The Labute approximate surface area is 106 Å². The maximum atomic E-state index is 12.6. The number of para-hydroxylation sites is 1. The molecule has 2 unspecified atom stereocenters. The Kier molecular flexibility index (Phi) is 1.96. The number of nitrogens with one attached hydrogen (secondary N) is 1. The summed E-state index contributed by atoms with van der Waals surface area (Å²) in [6, 6.07) is 9.21. The SMILES string of the molecule is CC1(C)C2C(=O)NN(c3ccccc3)C(=O)C21C. The maximum Gasteiger partial charge on any atom is 0.253 e. The van der Waals surface area contributed by atoms with Crippen LogP contribution in [-0.2, 0) is 9.59 Å². The first kappa shape index (κ1) is 11.3. The van der Waals surface area contributed by atoms with Gasteiger partial charge in [0.1, 0.15) is 0 Å². The highest BCUT2D eigenvalue weighted by Crippen LogP contribution is 2.70. The van der Waals surface area contributed by atoms with Gasteiger partial charge in [-0.2, -0.15) is 0 Å². The van der Waals surface area contributed by atoms with Gasteiger partial charge in [0, 0.05) is 0 Å². The first-order valence-corrected chi connectivity index (χ1v) is 6.11. The standard InChI is InChI=1S/C14H16N2O2/c1-13(2)10-11(17)15-16(12(18)14(10,13)3)9-7-5-4-6-8-9/h4-8,10H,1-3H3,(H,15,17). The summed E-state index contributed by atoms with van der Waals surface area (Å²) in [6.07, 6.45) is 0. The Morgan fingerprint density at radius 3 is 2.33 bits per heavy atom. The average molecular weight is 244 g/mol. The average Bonchev–Trinajstić information content (AvgIpc) is 2.81. The van der Waals surface area contributed by atoms with Gasteiger partial charge in [0.05, 0.1) is 17.0 Å². The molecule has 1 aromatic carbocycles. The van der Waals surface area contributed by atoms with Gasteiger partial charge in [-0.1, -0.05) is 32.0 Å². The predicted molar refractivity (Wildman–Crippen MR) is 67.4 cm³/mol. The summed E-state index contributed by atoms with van der Waals surface area (Å²) >= 11 is 0. The molecule has 94 valence electrons. The van der Waals surface area contributed by atoms with Gasteiger partial charge in [-0.3, -0.25) is 15.0 Å². The minimum atomic E-state index is -0.578. The molecule has 1 aliphatic carbocycles. The molecule has 0 spiro atoms. The van der Waals surface area contributed by atoms with Gasteiger partial charge in [-0.05, 0) is 24.5 Å². The fourth-order valence-corrected chi connectivity index (χ4v) is 3.19. The lowest BCUT2D eigenvalue weighted by Crippen LogP contribution is -2.55. The number of hydrazine groups is 1. The van der Waals surface area contributed by atoms with Gasteiger partial charge < -0.3 is 0 Å². The molecular weight excluding hydrogens is 228 g/mol. The molecule has 2 fully saturated rings. The summed E-state index contributed by atoms with van der Waals surface area (Å²) in [7, 11) is 0. The highest BCUT2D eigenvalue weighted by molar-refractivity contribution is 6.10. The molecule has 2 amide bonds. The minimum Gasteiger partial charge on any atom is -0.273 e. The molecule has 1 saturated heterocycles. The van der Waals surface area contributed by atoms with Crippen LogP contribution < -0.4 is 10.4 Å². The molecule has 1 N–H and O–H groups in total. The van der Waals surface area contributed by atoms with Crippen molar-refractivity contribution in [2.45, 2.75) is 20.8 Å². The monoisotopic (exact) mass is 244 g/mol. The molecule has 4 nitrogen and oxygen atoms in total. The van der Waals surface area contributed by atoms with E-state index in [0.29, 0.717) is 5.69 Å². The van der Waals surface area contributed by atoms with Gasteiger partial charge in [0.25, 0.3) is 5.91 Å².